The summed E-state index contributed by atoms with van der Waals surface area (Å²) in [7, 11) is 0. The Morgan fingerprint density at radius 2 is 2.05 bits per heavy atom. The molecule has 1 heterocycles. The molecule has 0 aliphatic heterocycles. The van der Waals surface area contributed by atoms with Crippen LogP contribution in [0.15, 0.2) is 36.4 Å². The maximum absolute atomic E-state index is 13.4. The van der Waals surface area contributed by atoms with E-state index in [1.165, 1.54) is 6.07 Å². The maximum Gasteiger partial charge on any atom is 0.123 e. The summed E-state index contributed by atoms with van der Waals surface area (Å²) < 4.78 is 13.4. The zero-order chi connectivity index (χ0) is 15.2. The third-order valence-electron chi connectivity index (χ3n) is 3.48. The van der Waals surface area contributed by atoms with Gasteiger partial charge in [-0.2, -0.15) is 0 Å². The van der Waals surface area contributed by atoms with E-state index < -0.39 is 0 Å². The van der Waals surface area contributed by atoms with Gasteiger partial charge in [0.25, 0.3) is 0 Å². The van der Waals surface area contributed by atoms with Crippen molar-refractivity contribution in [1.82, 2.24) is 4.98 Å². The van der Waals surface area contributed by atoms with Gasteiger partial charge in [-0.05, 0) is 62.7 Å². The van der Waals surface area contributed by atoms with Gasteiger partial charge in [0, 0.05) is 17.9 Å². The average Bonchev–Trinajstić information content (AvgIpc) is 2.46. The van der Waals surface area contributed by atoms with Crippen LogP contribution in [-0.4, -0.2) is 18.1 Å². The van der Waals surface area contributed by atoms with Crippen LogP contribution in [0.3, 0.4) is 0 Å². The van der Waals surface area contributed by atoms with Crippen LogP contribution in [0.25, 0.3) is 0 Å². The highest BCUT2D eigenvalue weighted by molar-refractivity contribution is 5.54. The first kappa shape index (κ1) is 15.4. The second-order valence-electron chi connectivity index (χ2n) is 5.10. The zero-order valence-corrected chi connectivity index (χ0v) is 12.6. The monoisotopic (exact) mass is 287 g/mol. The molecule has 1 aromatic heterocycles. The Morgan fingerprint density at radius 1 is 1.24 bits per heavy atom. The molecule has 0 aliphatic rings. The number of hydrogen-bond donors (Lipinski definition) is 1. The molecule has 21 heavy (non-hydrogen) atoms. The van der Waals surface area contributed by atoms with Crippen molar-refractivity contribution in [2.45, 2.75) is 26.8 Å². The second-order valence-corrected chi connectivity index (χ2v) is 5.10. The Bertz CT molecular complexity index is 598. The molecule has 112 valence electrons. The molecule has 0 bridgehead atoms. The molecule has 0 unspecified atom stereocenters. The van der Waals surface area contributed by atoms with Crippen LogP contribution in [0, 0.1) is 12.7 Å². The van der Waals surface area contributed by atoms with Crippen molar-refractivity contribution in [2.24, 2.45) is 5.73 Å². The van der Waals surface area contributed by atoms with Crippen LogP contribution in [0.1, 0.15) is 23.9 Å². The first-order chi connectivity index (χ1) is 10.1. The second kappa shape index (κ2) is 7.18. The highest BCUT2D eigenvalue weighted by Crippen LogP contribution is 2.23. The lowest BCUT2D eigenvalue weighted by Gasteiger charge is -2.25. The van der Waals surface area contributed by atoms with Crippen molar-refractivity contribution in [1.29, 1.82) is 0 Å². The molecule has 2 aromatic rings. The summed E-state index contributed by atoms with van der Waals surface area (Å²) >= 11 is 0. The van der Waals surface area contributed by atoms with Gasteiger partial charge in [-0.25, -0.2) is 4.39 Å². The normalized spacial score (nSPS) is 10.7. The minimum Gasteiger partial charge on any atom is -0.366 e. The molecule has 1 aromatic carbocycles. The van der Waals surface area contributed by atoms with E-state index in [-0.39, 0.29) is 5.82 Å². The van der Waals surface area contributed by atoms with Crippen LogP contribution < -0.4 is 10.6 Å². The Labute approximate surface area is 125 Å². The van der Waals surface area contributed by atoms with E-state index in [1.807, 2.05) is 31.2 Å². The highest BCUT2D eigenvalue weighted by atomic mass is 19.1. The lowest BCUT2D eigenvalue weighted by Crippen LogP contribution is -2.24. The summed E-state index contributed by atoms with van der Waals surface area (Å²) in [4.78, 5) is 6.74. The molecule has 0 radical (unpaired) electrons. The first-order valence-corrected chi connectivity index (χ1v) is 7.30. The third kappa shape index (κ3) is 4.02. The van der Waals surface area contributed by atoms with Gasteiger partial charge < -0.3 is 10.6 Å². The summed E-state index contributed by atoms with van der Waals surface area (Å²) in [6.07, 6.45) is 0.671. The molecule has 0 saturated carbocycles. The molecule has 0 amide bonds. The maximum atomic E-state index is 13.4. The number of nitrogens with two attached hydrogens (primary N) is 1. The fourth-order valence-corrected chi connectivity index (χ4v) is 2.47. The summed E-state index contributed by atoms with van der Waals surface area (Å²) in [5.41, 5.74) is 9.64. The van der Waals surface area contributed by atoms with Gasteiger partial charge in [-0.1, -0.05) is 6.07 Å². The number of halogens is 1. The molecular formula is C17H22FN3. The molecule has 0 spiro atoms. The lowest BCUT2D eigenvalue weighted by molar-refractivity contribution is 0.624. The highest BCUT2D eigenvalue weighted by Gasteiger charge is 2.12. The number of rotatable bonds is 6. The Kier molecular flexibility index (Phi) is 5.28. The van der Waals surface area contributed by atoms with E-state index in [0.29, 0.717) is 19.5 Å². The summed E-state index contributed by atoms with van der Waals surface area (Å²) in [5, 5.41) is 0. The number of aromatic nitrogens is 1. The van der Waals surface area contributed by atoms with Crippen molar-refractivity contribution in [2.75, 3.05) is 18.0 Å². The van der Waals surface area contributed by atoms with Gasteiger partial charge >= 0.3 is 0 Å². The van der Waals surface area contributed by atoms with Gasteiger partial charge in [0.15, 0.2) is 0 Å². The van der Waals surface area contributed by atoms with E-state index in [0.717, 1.165) is 29.2 Å². The molecule has 4 heteroatoms. The fraction of sp³-hybridized carbons (Fsp3) is 0.353. The number of benzene rings is 1. The van der Waals surface area contributed by atoms with E-state index in [2.05, 4.69) is 16.8 Å². The molecule has 0 aliphatic carbocycles. The molecule has 2 N–H and O–H groups in total. The number of pyridine rings is 1. The Balaban J connectivity index is 2.28. The fourth-order valence-electron chi connectivity index (χ4n) is 2.47. The van der Waals surface area contributed by atoms with Gasteiger partial charge in [-0.15, -0.1) is 0 Å². The van der Waals surface area contributed by atoms with Crippen LogP contribution in [-0.2, 0) is 13.0 Å². The smallest absolute Gasteiger partial charge is 0.123 e. The SMILES string of the molecule is CCN(Cc1cccc(C)n1)c1ccc(F)cc1CCN. The largest absolute Gasteiger partial charge is 0.366 e. The molecule has 0 atom stereocenters. The number of anilines is 1. The van der Waals surface area contributed by atoms with E-state index in [4.69, 9.17) is 5.73 Å². The topological polar surface area (TPSA) is 42.2 Å². The van der Waals surface area contributed by atoms with Crippen LogP contribution in [0.5, 0.6) is 0 Å². The Hall–Kier alpha value is -1.94. The van der Waals surface area contributed by atoms with Gasteiger partial charge in [0.2, 0.25) is 0 Å². The van der Waals surface area contributed by atoms with Crippen LogP contribution >= 0.6 is 0 Å². The quantitative estimate of drug-likeness (QED) is 0.888. The summed E-state index contributed by atoms with van der Waals surface area (Å²) in [5.74, 6) is -0.216. The summed E-state index contributed by atoms with van der Waals surface area (Å²) in [6, 6.07) is 10.9. The minimum absolute atomic E-state index is 0.216. The van der Waals surface area contributed by atoms with Crippen LogP contribution in [0.2, 0.25) is 0 Å². The zero-order valence-electron chi connectivity index (χ0n) is 12.6. The lowest BCUT2D eigenvalue weighted by atomic mass is 10.1. The van der Waals surface area contributed by atoms with Crippen molar-refractivity contribution in [3.63, 3.8) is 0 Å². The third-order valence-corrected chi connectivity index (χ3v) is 3.48. The summed E-state index contributed by atoms with van der Waals surface area (Å²) in [6.45, 7) is 6.12. The minimum atomic E-state index is -0.216. The van der Waals surface area contributed by atoms with Gasteiger partial charge in [0.05, 0.1) is 12.2 Å². The molecule has 0 saturated heterocycles. The van der Waals surface area contributed by atoms with E-state index >= 15 is 0 Å². The predicted octanol–water partition coefficient (Wildman–Crippen LogP) is 3.06. The van der Waals surface area contributed by atoms with Crippen LogP contribution in [0.4, 0.5) is 10.1 Å². The molecule has 2 rings (SSSR count). The Morgan fingerprint density at radius 3 is 2.71 bits per heavy atom. The first-order valence-electron chi connectivity index (χ1n) is 7.30. The number of aryl methyl sites for hydroxylation is 1. The molecular weight excluding hydrogens is 265 g/mol. The van der Waals surface area contributed by atoms with E-state index in [9.17, 15) is 4.39 Å². The number of hydrogen-bond acceptors (Lipinski definition) is 3. The van der Waals surface area contributed by atoms with Crippen molar-refractivity contribution in [3.05, 3.63) is 59.2 Å². The molecule has 3 nitrogen and oxygen atoms in total. The standard InChI is InChI=1S/C17H22FN3/c1-3-21(12-16-6-4-5-13(2)20-16)17-8-7-15(18)11-14(17)9-10-19/h4-8,11H,3,9-10,12,19H2,1-2H3. The van der Waals surface area contributed by atoms with Gasteiger partial charge in [-0.3, -0.25) is 4.98 Å². The number of nitrogens with zero attached hydrogens (tertiary/aromatic N) is 2. The molecule has 0 fully saturated rings. The van der Waals surface area contributed by atoms with E-state index in [1.54, 1.807) is 6.07 Å². The van der Waals surface area contributed by atoms with Crippen molar-refractivity contribution >= 4 is 5.69 Å². The predicted molar refractivity (Wildman–Crippen MR) is 84.9 cm³/mol. The van der Waals surface area contributed by atoms with Gasteiger partial charge in [0.1, 0.15) is 5.82 Å². The van der Waals surface area contributed by atoms with Crippen molar-refractivity contribution in [3.8, 4) is 0 Å². The average molecular weight is 287 g/mol. The van der Waals surface area contributed by atoms with Crippen molar-refractivity contribution < 1.29 is 4.39 Å².